The lowest BCUT2D eigenvalue weighted by molar-refractivity contribution is 0.508. The number of nitrogens with zero attached hydrogens (tertiary/aromatic N) is 1. The van der Waals surface area contributed by atoms with E-state index < -0.39 is 0 Å². The second-order valence-electron chi connectivity index (χ2n) is 3.74. The van der Waals surface area contributed by atoms with Gasteiger partial charge in [-0.1, -0.05) is 19.9 Å². The normalized spacial score (nSPS) is 12.4. The molecule has 1 heterocycles. The average Bonchev–Trinajstić information content (AvgIpc) is 2.15. The molecule has 0 bridgehead atoms. The maximum atomic E-state index is 5.81. The molecule has 0 saturated carbocycles. The Labute approximate surface area is 85.5 Å². The third kappa shape index (κ3) is 2.26. The molecule has 1 aromatic heterocycles. The highest BCUT2D eigenvalue weighted by Gasteiger charge is 2.17. The predicted molar refractivity (Wildman–Crippen MR) is 59.7 cm³/mol. The molecular weight excluding hydrogens is 172 g/mol. The van der Waals surface area contributed by atoms with Crippen LogP contribution in [0.1, 0.15) is 31.7 Å². The topological polar surface area (TPSA) is 38.9 Å². The van der Waals surface area contributed by atoms with Gasteiger partial charge in [0.05, 0.1) is 0 Å². The van der Waals surface area contributed by atoms with Crippen LogP contribution in [0.4, 0.5) is 5.82 Å². The van der Waals surface area contributed by atoms with Crippen LogP contribution in [0.5, 0.6) is 0 Å². The van der Waals surface area contributed by atoms with Crippen molar-refractivity contribution < 1.29 is 0 Å². The smallest absolute Gasteiger partial charge is 0.126 e. The molecule has 14 heavy (non-hydrogen) atoms. The second-order valence-corrected chi connectivity index (χ2v) is 3.74. The summed E-state index contributed by atoms with van der Waals surface area (Å²) in [6, 6.07) is 3.90. The molecule has 2 nitrogen and oxygen atoms in total. The Kier molecular flexibility index (Phi) is 3.53. The molecule has 0 aliphatic carbocycles. The molecule has 1 unspecified atom stereocenters. The fraction of sp³-hybridized carbons (Fsp3) is 0.417. The number of terminal acetylenes is 1. The molecule has 0 aromatic carbocycles. The van der Waals surface area contributed by atoms with Gasteiger partial charge in [-0.25, -0.2) is 4.98 Å². The Morgan fingerprint density at radius 2 is 2.29 bits per heavy atom. The molecule has 1 atom stereocenters. The van der Waals surface area contributed by atoms with Gasteiger partial charge in [0, 0.05) is 18.5 Å². The van der Waals surface area contributed by atoms with Crippen LogP contribution >= 0.6 is 0 Å². The van der Waals surface area contributed by atoms with E-state index in [1.807, 2.05) is 12.1 Å². The lowest BCUT2D eigenvalue weighted by atomic mass is 9.86. The average molecular weight is 188 g/mol. The van der Waals surface area contributed by atoms with E-state index in [4.69, 9.17) is 12.2 Å². The van der Waals surface area contributed by atoms with E-state index in [1.165, 1.54) is 0 Å². The van der Waals surface area contributed by atoms with Gasteiger partial charge >= 0.3 is 0 Å². The van der Waals surface area contributed by atoms with Crippen molar-refractivity contribution in [2.24, 2.45) is 5.92 Å². The Hall–Kier alpha value is -1.49. The van der Waals surface area contributed by atoms with Gasteiger partial charge in [0.1, 0.15) is 5.82 Å². The molecule has 0 fully saturated rings. The van der Waals surface area contributed by atoms with Gasteiger partial charge in [0.2, 0.25) is 0 Å². The Balaban J connectivity index is 3.00. The number of rotatable bonds is 3. The molecule has 0 radical (unpaired) electrons. The lowest BCUT2D eigenvalue weighted by Gasteiger charge is -2.19. The minimum atomic E-state index is 0.314. The van der Waals surface area contributed by atoms with Gasteiger partial charge < -0.3 is 5.73 Å². The van der Waals surface area contributed by atoms with Gasteiger partial charge in [0.25, 0.3) is 0 Å². The molecule has 74 valence electrons. The number of aromatic nitrogens is 1. The van der Waals surface area contributed by atoms with E-state index in [-0.39, 0.29) is 0 Å². The van der Waals surface area contributed by atoms with Crippen LogP contribution in [0.15, 0.2) is 18.3 Å². The van der Waals surface area contributed by atoms with Crippen LogP contribution in [-0.4, -0.2) is 4.98 Å². The van der Waals surface area contributed by atoms with Gasteiger partial charge in [-0.2, -0.15) is 0 Å². The highest BCUT2D eigenvalue weighted by molar-refractivity contribution is 5.41. The maximum Gasteiger partial charge on any atom is 0.126 e. The number of anilines is 1. The van der Waals surface area contributed by atoms with E-state index in [1.54, 1.807) is 6.20 Å². The summed E-state index contributed by atoms with van der Waals surface area (Å²) in [5.74, 6) is 4.09. The van der Waals surface area contributed by atoms with Crippen LogP contribution < -0.4 is 5.73 Å². The number of hydrogen-bond donors (Lipinski definition) is 1. The third-order valence-corrected chi connectivity index (χ3v) is 2.41. The van der Waals surface area contributed by atoms with E-state index >= 15 is 0 Å². The van der Waals surface area contributed by atoms with Crippen LogP contribution in [0.25, 0.3) is 0 Å². The molecule has 0 amide bonds. The standard InChI is InChI=1S/C12H16N2/c1-4-6-10(9(2)3)11-7-5-8-14-12(11)13/h1,5,7-10H,6H2,2-3H3,(H2,13,14). The first kappa shape index (κ1) is 10.6. The van der Waals surface area contributed by atoms with Crippen LogP contribution in [-0.2, 0) is 0 Å². The summed E-state index contributed by atoms with van der Waals surface area (Å²) >= 11 is 0. The van der Waals surface area contributed by atoms with Crippen molar-refractivity contribution in [2.45, 2.75) is 26.2 Å². The lowest BCUT2D eigenvalue weighted by Crippen LogP contribution is -2.09. The highest BCUT2D eigenvalue weighted by Crippen LogP contribution is 2.30. The Morgan fingerprint density at radius 1 is 1.57 bits per heavy atom. The minimum Gasteiger partial charge on any atom is -0.383 e. The van der Waals surface area contributed by atoms with Gasteiger partial charge in [0.15, 0.2) is 0 Å². The van der Waals surface area contributed by atoms with Gasteiger partial charge in [-0.15, -0.1) is 12.3 Å². The molecular formula is C12H16N2. The second kappa shape index (κ2) is 4.66. The fourth-order valence-electron chi connectivity index (χ4n) is 1.58. The minimum absolute atomic E-state index is 0.314. The molecule has 0 aliphatic heterocycles. The summed E-state index contributed by atoms with van der Waals surface area (Å²) < 4.78 is 0. The number of nitrogens with two attached hydrogens (primary N) is 1. The van der Waals surface area contributed by atoms with Crippen molar-refractivity contribution in [3.8, 4) is 12.3 Å². The summed E-state index contributed by atoms with van der Waals surface area (Å²) in [6.45, 7) is 4.29. The Bertz CT molecular complexity index is 336. The van der Waals surface area contributed by atoms with Gasteiger partial charge in [-0.05, 0) is 17.5 Å². The van der Waals surface area contributed by atoms with Crippen LogP contribution in [0, 0.1) is 18.3 Å². The van der Waals surface area contributed by atoms with Crippen molar-refractivity contribution in [1.82, 2.24) is 4.98 Å². The first-order valence-electron chi connectivity index (χ1n) is 4.80. The highest BCUT2D eigenvalue weighted by atomic mass is 14.8. The Morgan fingerprint density at radius 3 is 2.79 bits per heavy atom. The zero-order chi connectivity index (χ0) is 10.6. The summed E-state index contributed by atoms with van der Waals surface area (Å²) in [5, 5.41) is 0. The monoisotopic (exact) mass is 188 g/mol. The molecule has 0 saturated heterocycles. The van der Waals surface area contributed by atoms with Crippen molar-refractivity contribution >= 4 is 5.82 Å². The quantitative estimate of drug-likeness (QED) is 0.740. The number of pyridine rings is 1. The zero-order valence-electron chi connectivity index (χ0n) is 8.70. The number of hydrogen-bond acceptors (Lipinski definition) is 2. The first-order chi connectivity index (χ1) is 6.66. The van der Waals surface area contributed by atoms with Crippen LogP contribution in [0.3, 0.4) is 0 Å². The summed E-state index contributed by atoms with van der Waals surface area (Å²) in [7, 11) is 0. The molecule has 0 aliphatic rings. The van der Waals surface area contributed by atoms with Crippen LogP contribution in [0.2, 0.25) is 0 Å². The van der Waals surface area contributed by atoms with Crippen molar-refractivity contribution in [3.63, 3.8) is 0 Å². The van der Waals surface area contributed by atoms with Crippen molar-refractivity contribution in [1.29, 1.82) is 0 Å². The zero-order valence-corrected chi connectivity index (χ0v) is 8.70. The maximum absolute atomic E-state index is 5.81. The van der Waals surface area contributed by atoms with E-state index in [0.717, 1.165) is 5.56 Å². The fourth-order valence-corrected chi connectivity index (χ4v) is 1.58. The SMILES string of the molecule is C#CCC(c1cccnc1N)C(C)C. The molecule has 2 N–H and O–H groups in total. The molecule has 2 heteroatoms. The van der Waals surface area contributed by atoms with Crippen molar-refractivity contribution in [2.75, 3.05) is 5.73 Å². The predicted octanol–water partition coefficient (Wildman–Crippen LogP) is 2.43. The number of nitrogen functional groups attached to an aromatic ring is 1. The summed E-state index contributed by atoms with van der Waals surface area (Å²) in [5.41, 5.74) is 6.88. The van der Waals surface area contributed by atoms with Gasteiger partial charge in [-0.3, -0.25) is 0 Å². The van der Waals surface area contributed by atoms with Crippen molar-refractivity contribution in [3.05, 3.63) is 23.9 Å². The summed E-state index contributed by atoms with van der Waals surface area (Å²) in [6.07, 6.45) is 7.76. The molecule has 1 rings (SSSR count). The summed E-state index contributed by atoms with van der Waals surface area (Å²) in [4.78, 5) is 4.07. The molecule has 1 aromatic rings. The largest absolute Gasteiger partial charge is 0.383 e. The van der Waals surface area contributed by atoms with E-state index in [0.29, 0.717) is 24.1 Å². The van der Waals surface area contributed by atoms with E-state index in [9.17, 15) is 0 Å². The van der Waals surface area contributed by atoms with E-state index in [2.05, 4.69) is 24.8 Å². The first-order valence-corrected chi connectivity index (χ1v) is 4.80. The molecule has 0 spiro atoms. The third-order valence-electron chi connectivity index (χ3n) is 2.41.